The van der Waals surface area contributed by atoms with E-state index < -0.39 is 5.97 Å². The van der Waals surface area contributed by atoms with Crippen LogP contribution in [-0.4, -0.2) is 25.6 Å². The molecule has 0 aliphatic rings. The molecular formula is C14H10Cl2N4O3S. The fraction of sp³-hybridized carbons (Fsp3) is 0.214. The van der Waals surface area contributed by atoms with Crippen molar-refractivity contribution in [3.63, 3.8) is 0 Å². The second-order valence-corrected chi connectivity index (χ2v) is 6.50. The van der Waals surface area contributed by atoms with Crippen molar-refractivity contribution >= 4 is 45.5 Å². The van der Waals surface area contributed by atoms with Gasteiger partial charge in [0, 0.05) is 6.07 Å². The molecule has 0 spiro atoms. The highest BCUT2D eigenvalue weighted by molar-refractivity contribution is 7.16. The van der Waals surface area contributed by atoms with E-state index >= 15 is 0 Å². The Bertz CT molecular complexity index is 986. The fourth-order valence-corrected chi connectivity index (χ4v) is 3.07. The minimum atomic E-state index is -0.747. The van der Waals surface area contributed by atoms with Gasteiger partial charge in [0.2, 0.25) is 4.96 Å². The molecule has 0 radical (unpaired) electrons. The molecule has 0 saturated carbocycles. The van der Waals surface area contributed by atoms with Crippen LogP contribution >= 0.6 is 34.5 Å². The van der Waals surface area contributed by atoms with Gasteiger partial charge < -0.3 is 4.74 Å². The van der Waals surface area contributed by atoms with Gasteiger partial charge in [-0.1, -0.05) is 41.5 Å². The number of pyridine rings is 1. The summed E-state index contributed by atoms with van der Waals surface area (Å²) >= 11 is 12.9. The Kier molecular flexibility index (Phi) is 4.79. The monoisotopic (exact) mass is 384 g/mol. The first-order valence-corrected chi connectivity index (χ1v) is 8.43. The number of fused-ring (bicyclic) bond motifs is 1. The molecule has 0 aromatic carbocycles. The standard InChI is InChI=1S/C14H10Cl2N4O3S/c1-2-10-19-20-11(21)5-7(17-14(20)24-10)6-23-13(22)12-8(15)3-4-9(16)18-12/h3-5H,2,6H2,1H3. The average Bonchev–Trinajstić information content (AvgIpc) is 2.98. The van der Waals surface area contributed by atoms with E-state index in [0.29, 0.717) is 17.1 Å². The molecule has 0 N–H and O–H groups in total. The summed E-state index contributed by atoms with van der Waals surface area (Å²) in [5.41, 5.74) is -0.105. The van der Waals surface area contributed by atoms with Crippen molar-refractivity contribution in [2.75, 3.05) is 0 Å². The maximum absolute atomic E-state index is 12.0. The number of esters is 1. The summed E-state index contributed by atoms with van der Waals surface area (Å²) in [6.07, 6.45) is 0.705. The molecule has 0 saturated heterocycles. The highest BCUT2D eigenvalue weighted by Crippen LogP contribution is 2.18. The van der Waals surface area contributed by atoms with Crippen molar-refractivity contribution in [2.24, 2.45) is 0 Å². The van der Waals surface area contributed by atoms with Crippen LogP contribution in [-0.2, 0) is 17.8 Å². The number of aromatic nitrogens is 4. The van der Waals surface area contributed by atoms with E-state index in [-0.39, 0.29) is 28.0 Å². The van der Waals surface area contributed by atoms with E-state index in [2.05, 4.69) is 15.1 Å². The Balaban J connectivity index is 1.81. The van der Waals surface area contributed by atoms with Crippen LogP contribution in [0.4, 0.5) is 0 Å². The van der Waals surface area contributed by atoms with Crippen LogP contribution in [0.15, 0.2) is 23.0 Å². The molecular weight excluding hydrogens is 375 g/mol. The van der Waals surface area contributed by atoms with E-state index in [1.54, 1.807) is 0 Å². The minimum absolute atomic E-state index is 0.0898. The molecule has 0 bridgehead atoms. The number of hydrogen-bond donors (Lipinski definition) is 0. The predicted octanol–water partition coefficient (Wildman–Crippen LogP) is 2.77. The number of halogens is 2. The second kappa shape index (κ2) is 6.84. The van der Waals surface area contributed by atoms with Crippen LogP contribution in [0.5, 0.6) is 0 Å². The summed E-state index contributed by atoms with van der Waals surface area (Å²) in [6.45, 7) is 1.75. The number of carbonyl (C=O) groups is 1. The highest BCUT2D eigenvalue weighted by Gasteiger charge is 2.16. The van der Waals surface area contributed by atoms with Gasteiger partial charge in [0.05, 0.1) is 10.7 Å². The first kappa shape index (κ1) is 16.8. The third-order valence-electron chi connectivity index (χ3n) is 3.00. The lowest BCUT2D eigenvalue weighted by Gasteiger charge is -2.05. The van der Waals surface area contributed by atoms with E-state index in [1.165, 1.54) is 34.1 Å². The zero-order chi connectivity index (χ0) is 17.3. The number of aryl methyl sites for hydroxylation is 1. The smallest absolute Gasteiger partial charge is 0.358 e. The highest BCUT2D eigenvalue weighted by atomic mass is 35.5. The van der Waals surface area contributed by atoms with Gasteiger partial charge in [0.25, 0.3) is 5.56 Å². The van der Waals surface area contributed by atoms with Gasteiger partial charge in [-0.15, -0.1) is 0 Å². The molecule has 0 amide bonds. The van der Waals surface area contributed by atoms with Crippen LogP contribution < -0.4 is 5.56 Å². The number of hydrogen-bond acceptors (Lipinski definition) is 7. The Labute approximate surface area is 149 Å². The number of nitrogens with zero attached hydrogens (tertiary/aromatic N) is 4. The van der Waals surface area contributed by atoms with Crippen molar-refractivity contribution in [1.82, 2.24) is 19.6 Å². The number of carbonyl (C=O) groups excluding carboxylic acids is 1. The Hall–Kier alpha value is -2.03. The SMILES string of the molecule is CCc1nn2c(=O)cc(COC(=O)c3nc(Cl)ccc3Cl)nc2s1. The van der Waals surface area contributed by atoms with Gasteiger partial charge >= 0.3 is 5.97 Å². The largest absolute Gasteiger partial charge is 0.454 e. The van der Waals surface area contributed by atoms with E-state index in [9.17, 15) is 9.59 Å². The van der Waals surface area contributed by atoms with Crippen molar-refractivity contribution < 1.29 is 9.53 Å². The van der Waals surface area contributed by atoms with Gasteiger partial charge in [-0.3, -0.25) is 4.79 Å². The molecule has 3 heterocycles. The molecule has 0 aliphatic heterocycles. The van der Waals surface area contributed by atoms with Gasteiger partial charge in [0.1, 0.15) is 16.8 Å². The number of rotatable bonds is 4. The Morgan fingerprint density at radius 3 is 2.88 bits per heavy atom. The van der Waals surface area contributed by atoms with Gasteiger partial charge in [-0.05, 0) is 18.6 Å². The molecule has 3 rings (SSSR count). The summed E-state index contributed by atoms with van der Waals surface area (Å²) in [6, 6.07) is 4.19. The molecule has 7 nitrogen and oxygen atoms in total. The van der Waals surface area contributed by atoms with Crippen molar-refractivity contribution in [2.45, 2.75) is 20.0 Å². The topological polar surface area (TPSA) is 86.5 Å². The summed E-state index contributed by atoms with van der Waals surface area (Å²) in [4.78, 5) is 32.6. The molecule has 124 valence electrons. The molecule has 3 aromatic heterocycles. The van der Waals surface area contributed by atoms with Crippen LogP contribution in [0.3, 0.4) is 0 Å². The Morgan fingerprint density at radius 2 is 2.12 bits per heavy atom. The normalized spacial score (nSPS) is 11.0. The van der Waals surface area contributed by atoms with Crippen LogP contribution in [0.1, 0.15) is 28.1 Å². The fourth-order valence-electron chi connectivity index (χ4n) is 1.88. The lowest BCUT2D eigenvalue weighted by Crippen LogP contribution is -2.17. The van der Waals surface area contributed by atoms with Crippen LogP contribution in [0.25, 0.3) is 4.96 Å². The average molecular weight is 385 g/mol. The summed E-state index contributed by atoms with van der Waals surface area (Å²) in [7, 11) is 0. The van der Waals surface area contributed by atoms with E-state index in [0.717, 1.165) is 5.01 Å². The predicted molar refractivity (Wildman–Crippen MR) is 89.9 cm³/mol. The van der Waals surface area contributed by atoms with E-state index in [4.69, 9.17) is 27.9 Å². The molecule has 0 fully saturated rings. The molecule has 24 heavy (non-hydrogen) atoms. The maximum atomic E-state index is 12.0. The first-order chi connectivity index (χ1) is 11.5. The summed E-state index contributed by atoms with van der Waals surface area (Å²) < 4.78 is 6.34. The summed E-state index contributed by atoms with van der Waals surface area (Å²) in [5.74, 6) is -0.747. The third kappa shape index (κ3) is 3.40. The lowest BCUT2D eigenvalue weighted by atomic mass is 10.3. The Morgan fingerprint density at radius 1 is 1.33 bits per heavy atom. The van der Waals surface area contributed by atoms with Crippen LogP contribution in [0.2, 0.25) is 10.2 Å². The quantitative estimate of drug-likeness (QED) is 0.507. The van der Waals surface area contributed by atoms with Crippen molar-refractivity contribution in [3.05, 3.63) is 55.1 Å². The zero-order valence-corrected chi connectivity index (χ0v) is 14.7. The molecule has 10 heteroatoms. The van der Waals surface area contributed by atoms with Gasteiger partial charge in [0.15, 0.2) is 5.69 Å². The maximum Gasteiger partial charge on any atom is 0.358 e. The minimum Gasteiger partial charge on any atom is -0.454 e. The van der Waals surface area contributed by atoms with Gasteiger partial charge in [-0.25, -0.2) is 14.8 Å². The van der Waals surface area contributed by atoms with Crippen molar-refractivity contribution in [1.29, 1.82) is 0 Å². The second-order valence-electron chi connectivity index (χ2n) is 4.67. The van der Waals surface area contributed by atoms with E-state index in [1.807, 2.05) is 6.92 Å². The lowest BCUT2D eigenvalue weighted by molar-refractivity contribution is 0.0461. The summed E-state index contributed by atoms with van der Waals surface area (Å²) in [5, 5.41) is 5.19. The van der Waals surface area contributed by atoms with Crippen molar-refractivity contribution in [3.8, 4) is 0 Å². The molecule has 0 atom stereocenters. The zero-order valence-electron chi connectivity index (χ0n) is 12.3. The molecule has 0 aliphatic carbocycles. The molecule has 3 aromatic rings. The first-order valence-electron chi connectivity index (χ1n) is 6.85. The third-order valence-corrected chi connectivity index (χ3v) is 4.57. The molecule has 0 unspecified atom stereocenters. The number of ether oxygens (including phenoxy) is 1. The van der Waals surface area contributed by atoms with Gasteiger partial charge in [-0.2, -0.15) is 9.61 Å². The van der Waals surface area contributed by atoms with Crippen LogP contribution in [0, 0.1) is 0 Å².